The van der Waals surface area contributed by atoms with Gasteiger partial charge in [-0.3, -0.25) is 9.69 Å². The Labute approximate surface area is 148 Å². The first-order valence-electron chi connectivity index (χ1n) is 8.53. The summed E-state index contributed by atoms with van der Waals surface area (Å²) in [5, 5.41) is 0. The van der Waals surface area contributed by atoms with E-state index in [9.17, 15) is 17.6 Å². The third-order valence-electron chi connectivity index (χ3n) is 5.04. The Hall–Kier alpha value is -1.67. The lowest BCUT2D eigenvalue weighted by atomic mass is 10.2. The molecule has 2 fully saturated rings. The number of piperazine rings is 1. The van der Waals surface area contributed by atoms with Crippen molar-refractivity contribution in [3.8, 4) is 0 Å². The lowest BCUT2D eigenvalue weighted by Crippen LogP contribution is -2.52. The van der Waals surface area contributed by atoms with Crippen LogP contribution in [0.3, 0.4) is 0 Å². The Bertz CT molecular complexity index is 715. The van der Waals surface area contributed by atoms with E-state index in [1.807, 2.05) is 16.8 Å². The first kappa shape index (κ1) is 18.1. The summed E-state index contributed by atoms with van der Waals surface area (Å²) in [7, 11) is -1.12. The summed E-state index contributed by atoms with van der Waals surface area (Å²) in [5.74, 6) is 0.141. The van der Waals surface area contributed by atoms with Crippen molar-refractivity contribution in [1.29, 1.82) is 0 Å². The zero-order valence-electron chi connectivity index (χ0n) is 14.4. The van der Waals surface area contributed by atoms with Gasteiger partial charge in [-0.25, -0.2) is 12.8 Å². The number of rotatable bonds is 4. The van der Waals surface area contributed by atoms with Crippen molar-refractivity contribution in [3.05, 3.63) is 30.1 Å². The molecule has 1 aromatic carbocycles. The Morgan fingerprint density at radius 3 is 2.40 bits per heavy atom. The maximum atomic E-state index is 13.0. The molecule has 1 atom stereocenters. The molecule has 0 bridgehead atoms. The van der Waals surface area contributed by atoms with E-state index in [0.717, 1.165) is 5.69 Å². The third-order valence-corrected chi connectivity index (χ3v) is 6.79. The van der Waals surface area contributed by atoms with E-state index in [4.69, 9.17) is 0 Å². The topological polar surface area (TPSA) is 60.9 Å². The molecular weight excluding hydrogens is 345 g/mol. The molecule has 2 heterocycles. The molecule has 0 N–H and O–H groups in total. The summed E-state index contributed by atoms with van der Waals surface area (Å²) >= 11 is 0. The summed E-state index contributed by atoms with van der Waals surface area (Å²) < 4.78 is 36.2. The smallest absolute Gasteiger partial charge is 0.236 e. The van der Waals surface area contributed by atoms with Gasteiger partial charge in [-0.15, -0.1) is 0 Å². The summed E-state index contributed by atoms with van der Waals surface area (Å²) in [6, 6.07) is 6.33. The minimum atomic E-state index is -2.94. The second-order valence-corrected chi connectivity index (χ2v) is 9.04. The van der Waals surface area contributed by atoms with Crippen LogP contribution in [0.5, 0.6) is 0 Å². The van der Waals surface area contributed by atoms with Gasteiger partial charge >= 0.3 is 0 Å². The van der Waals surface area contributed by atoms with Gasteiger partial charge in [0.25, 0.3) is 0 Å². The summed E-state index contributed by atoms with van der Waals surface area (Å²) in [5.41, 5.74) is 0.960. The van der Waals surface area contributed by atoms with E-state index in [2.05, 4.69) is 4.90 Å². The zero-order valence-corrected chi connectivity index (χ0v) is 15.2. The number of benzene rings is 1. The van der Waals surface area contributed by atoms with Gasteiger partial charge in [0.05, 0.1) is 18.1 Å². The highest BCUT2D eigenvalue weighted by atomic mass is 32.2. The number of anilines is 1. The van der Waals surface area contributed by atoms with Crippen molar-refractivity contribution in [2.24, 2.45) is 0 Å². The van der Waals surface area contributed by atoms with Crippen molar-refractivity contribution in [2.75, 3.05) is 56.2 Å². The van der Waals surface area contributed by atoms with E-state index in [1.165, 1.54) is 12.1 Å². The van der Waals surface area contributed by atoms with Crippen LogP contribution < -0.4 is 4.90 Å². The molecule has 1 aromatic rings. The predicted molar refractivity (Wildman–Crippen MR) is 94.9 cm³/mol. The van der Waals surface area contributed by atoms with Crippen molar-refractivity contribution in [1.82, 2.24) is 9.80 Å². The minimum absolute atomic E-state index is 0.0329. The molecule has 0 aromatic heterocycles. The van der Waals surface area contributed by atoms with Gasteiger partial charge in [0.2, 0.25) is 5.91 Å². The fraction of sp³-hybridized carbons (Fsp3) is 0.588. The highest BCUT2D eigenvalue weighted by Crippen LogP contribution is 2.18. The van der Waals surface area contributed by atoms with E-state index in [1.54, 1.807) is 12.1 Å². The van der Waals surface area contributed by atoms with Crippen molar-refractivity contribution in [2.45, 2.75) is 12.5 Å². The van der Waals surface area contributed by atoms with Crippen LogP contribution in [0.4, 0.5) is 10.1 Å². The first-order valence-corrected chi connectivity index (χ1v) is 10.4. The largest absolute Gasteiger partial charge is 0.368 e. The molecule has 1 unspecified atom stereocenters. The number of nitrogens with zero attached hydrogens (tertiary/aromatic N) is 3. The number of hydrogen-bond donors (Lipinski definition) is 0. The molecule has 0 spiro atoms. The molecule has 0 radical (unpaired) electrons. The summed E-state index contributed by atoms with van der Waals surface area (Å²) in [6.45, 7) is 2.90. The number of carbonyl (C=O) groups excluding carboxylic acids is 1. The van der Waals surface area contributed by atoms with Gasteiger partial charge in [-0.1, -0.05) is 0 Å². The molecule has 2 aliphatic heterocycles. The number of likely N-dealkylation sites (N-methyl/N-ethyl adjacent to an activating group) is 1. The highest BCUT2D eigenvalue weighted by Gasteiger charge is 2.32. The van der Waals surface area contributed by atoms with Gasteiger partial charge in [0.1, 0.15) is 5.82 Å². The second-order valence-electron chi connectivity index (χ2n) is 6.82. The van der Waals surface area contributed by atoms with Crippen molar-refractivity contribution in [3.63, 3.8) is 0 Å². The number of amides is 1. The SMILES string of the molecule is CN(CC(=O)N1CCN(c2ccc(F)cc2)CC1)C1CCS(=O)(=O)C1. The van der Waals surface area contributed by atoms with Crippen LogP contribution in [0.1, 0.15) is 6.42 Å². The molecule has 2 aliphatic rings. The maximum Gasteiger partial charge on any atom is 0.236 e. The standard InChI is InChI=1S/C17H24FN3O3S/c1-19(16-6-11-25(23,24)13-16)12-17(22)21-9-7-20(8-10-21)15-4-2-14(18)3-5-15/h2-5,16H,6-13H2,1H3. The highest BCUT2D eigenvalue weighted by molar-refractivity contribution is 7.91. The van der Waals surface area contributed by atoms with E-state index in [-0.39, 0.29) is 35.8 Å². The summed E-state index contributed by atoms with van der Waals surface area (Å²) in [6.07, 6.45) is 0.602. The molecule has 1 amide bonds. The molecule has 25 heavy (non-hydrogen) atoms. The molecule has 2 saturated heterocycles. The maximum absolute atomic E-state index is 13.0. The molecule has 8 heteroatoms. The number of carbonyl (C=O) groups is 1. The van der Waals surface area contributed by atoms with Crippen LogP contribution in [0.2, 0.25) is 0 Å². The lowest BCUT2D eigenvalue weighted by molar-refractivity contribution is -0.132. The van der Waals surface area contributed by atoms with Crippen LogP contribution in [0.15, 0.2) is 24.3 Å². The Balaban J connectivity index is 1.49. The van der Waals surface area contributed by atoms with Crippen LogP contribution >= 0.6 is 0 Å². The van der Waals surface area contributed by atoms with Crippen LogP contribution in [-0.4, -0.2) is 81.4 Å². The minimum Gasteiger partial charge on any atom is -0.368 e. The normalized spacial score (nSPS) is 23.2. The molecule has 138 valence electrons. The lowest BCUT2D eigenvalue weighted by Gasteiger charge is -2.37. The van der Waals surface area contributed by atoms with Gasteiger partial charge in [0.15, 0.2) is 9.84 Å². The van der Waals surface area contributed by atoms with E-state index < -0.39 is 9.84 Å². The van der Waals surface area contributed by atoms with Gasteiger partial charge in [-0.05, 0) is 37.7 Å². The first-order chi connectivity index (χ1) is 11.8. The zero-order chi connectivity index (χ0) is 18.0. The fourth-order valence-electron chi connectivity index (χ4n) is 3.43. The Morgan fingerprint density at radius 2 is 1.84 bits per heavy atom. The average molecular weight is 369 g/mol. The molecule has 6 nitrogen and oxygen atoms in total. The monoisotopic (exact) mass is 369 g/mol. The van der Waals surface area contributed by atoms with Crippen LogP contribution in [0.25, 0.3) is 0 Å². The Kier molecular flexibility index (Phi) is 5.29. The van der Waals surface area contributed by atoms with Gasteiger partial charge in [0, 0.05) is 37.9 Å². The van der Waals surface area contributed by atoms with E-state index >= 15 is 0 Å². The molecule has 3 rings (SSSR count). The molecular formula is C17H24FN3O3S. The van der Waals surface area contributed by atoms with Crippen molar-refractivity contribution >= 4 is 21.4 Å². The molecule has 0 saturated carbocycles. The van der Waals surface area contributed by atoms with Crippen LogP contribution in [-0.2, 0) is 14.6 Å². The van der Waals surface area contributed by atoms with Gasteiger partial charge < -0.3 is 9.80 Å². The number of halogens is 1. The van der Waals surface area contributed by atoms with Gasteiger partial charge in [-0.2, -0.15) is 0 Å². The predicted octanol–water partition coefficient (Wildman–Crippen LogP) is 0.593. The number of sulfone groups is 1. The fourth-order valence-corrected chi connectivity index (χ4v) is 5.24. The number of hydrogen-bond acceptors (Lipinski definition) is 5. The van der Waals surface area contributed by atoms with E-state index in [0.29, 0.717) is 32.6 Å². The second kappa shape index (κ2) is 7.29. The average Bonchev–Trinajstić information content (AvgIpc) is 2.96. The third kappa shape index (κ3) is 4.49. The summed E-state index contributed by atoms with van der Waals surface area (Å²) in [4.78, 5) is 18.3. The van der Waals surface area contributed by atoms with Crippen LogP contribution in [0, 0.1) is 5.82 Å². The van der Waals surface area contributed by atoms with Crippen molar-refractivity contribution < 1.29 is 17.6 Å². The molecule has 0 aliphatic carbocycles. The Morgan fingerprint density at radius 1 is 1.20 bits per heavy atom. The quantitative estimate of drug-likeness (QED) is 0.778.